The summed E-state index contributed by atoms with van der Waals surface area (Å²) in [6, 6.07) is 4.53. The number of hydrogen-bond donors (Lipinski definition) is 1. The van der Waals surface area contributed by atoms with Gasteiger partial charge in [-0.15, -0.1) is 0 Å². The van der Waals surface area contributed by atoms with Crippen LogP contribution in [0, 0.1) is 5.92 Å². The van der Waals surface area contributed by atoms with Gasteiger partial charge in [-0.2, -0.15) is 0 Å². The number of aromatic nitrogens is 1. The number of nitrogens with zero attached hydrogens (tertiary/aromatic N) is 3. The van der Waals surface area contributed by atoms with E-state index in [4.69, 9.17) is 0 Å². The highest BCUT2D eigenvalue weighted by Crippen LogP contribution is 2.18. The molecule has 2 rings (SSSR count). The van der Waals surface area contributed by atoms with E-state index in [1.165, 1.54) is 5.56 Å². The minimum absolute atomic E-state index is 0.104. The highest BCUT2D eigenvalue weighted by molar-refractivity contribution is 5.78. The lowest BCUT2D eigenvalue weighted by molar-refractivity contribution is -0.125. The van der Waals surface area contributed by atoms with E-state index >= 15 is 0 Å². The molecular weight excluding hydrogens is 276 g/mol. The van der Waals surface area contributed by atoms with Crippen LogP contribution < -0.4 is 5.32 Å². The maximum absolute atomic E-state index is 12.4. The topological polar surface area (TPSA) is 48.5 Å². The lowest BCUT2D eigenvalue weighted by Gasteiger charge is -2.25. The van der Waals surface area contributed by atoms with Gasteiger partial charge in [-0.1, -0.05) is 0 Å². The van der Waals surface area contributed by atoms with Crippen molar-refractivity contribution in [3.05, 3.63) is 30.1 Å². The van der Waals surface area contributed by atoms with Gasteiger partial charge in [0.25, 0.3) is 0 Å². The van der Waals surface area contributed by atoms with Crippen molar-refractivity contribution in [3.8, 4) is 0 Å². The van der Waals surface area contributed by atoms with Gasteiger partial charge in [0.15, 0.2) is 0 Å². The Morgan fingerprint density at radius 2 is 2.05 bits per heavy atom. The molecule has 1 amide bonds. The molecule has 0 bridgehead atoms. The van der Waals surface area contributed by atoms with Crippen LogP contribution in [0.15, 0.2) is 24.5 Å². The van der Waals surface area contributed by atoms with Crippen molar-refractivity contribution in [3.63, 3.8) is 0 Å². The zero-order valence-electron chi connectivity index (χ0n) is 14.0. The van der Waals surface area contributed by atoms with Gasteiger partial charge in [-0.05, 0) is 58.1 Å². The fourth-order valence-corrected chi connectivity index (χ4v) is 3.05. The molecule has 0 saturated carbocycles. The van der Waals surface area contributed by atoms with Gasteiger partial charge >= 0.3 is 0 Å². The number of likely N-dealkylation sites (N-methyl/N-ethyl adjacent to an activating group) is 2. The van der Waals surface area contributed by atoms with Crippen molar-refractivity contribution in [2.75, 3.05) is 40.8 Å². The van der Waals surface area contributed by atoms with Crippen LogP contribution >= 0.6 is 0 Å². The Morgan fingerprint density at radius 3 is 2.73 bits per heavy atom. The number of hydrogen-bond acceptors (Lipinski definition) is 4. The molecule has 1 aliphatic rings. The molecule has 1 fully saturated rings. The van der Waals surface area contributed by atoms with Gasteiger partial charge < -0.3 is 15.1 Å². The summed E-state index contributed by atoms with van der Waals surface area (Å²) in [7, 11) is 6.35. The second-order valence-corrected chi connectivity index (χ2v) is 6.51. The highest BCUT2D eigenvalue weighted by atomic mass is 16.1. The molecule has 0 spiro atoms. The van der Waals surface area contributed by atoms with Gasteiger partial charge in [-0.25, -0.2) is 0 Å². The largest absolute Gasteiger partial charge is 0.355 e. The predicted molar refractivity (Wildman–Crippen MR) is 88.6 cm³/mol. The Morgan fingerprint density at radius 1 is 1.32 bits per heavy atom. The summed E-state index contributed by atoms with van der Waals surface area (Å²) in [6.45, 7) is 2.58. The van der Waals surface area contributed by atoms with Crippen LogP contribution in [0.25, 0.3) is 0 Å². The van der Waals surface area contributed by atoms with E-state index in [2.05, 4.69) is 41.2 Å². The summed E-state index contributed by atoms with van der Waals surface area (Å²) in [5, 5.41) is 3.09. The zero-order chi connectivity index (χ0) is 15.9. The molecule has 5 nitrogen and oxygen atoms in total. The predicted octanol–water partition coefficient (Wildman–Crippen LogP) is 1.01. The van der Waals surface area contributed by atoms with E-state index < -0.39 is 0 Å². The third kappa shape index (κ3) is 5.07. The maximum Gasteiger partial charge on any atom is 0.224 e. The fraction of sp³-hybridized carbons (Fsp3) is 0.647. The first-order valence-corrected chi connectivity index (χ1v) is 8.08. The van der Waals surface area contributed by atoms with Crippen LogP contribution in [0.2, 0.25) is 0 Å². The van der Waals surface area contributed by atoms with Crippen molar-refractivity contribution in [1.82, 2.24) is 20.1 Å². The third-order valence-corrected chi connectivity index (χ3v) is 4.47. The molecule has 1 N–H and O–H groups in total. The molecule has 1 aromatic rings. The third-order valence-electron chi connectivity index (χ3n) is 4.47. The van der Waals surface area contributed by atoms with Gasteiger partial charge in [0.2, 0.25) is 5.91 Å². The molecule has 0 aromatic carbocycles. The van der Waals surface area contributed by atoms with E-state index in [0.717, 1.165) is 32.4 Å². The average Bonchev–Trinajstić information content (AvgIpc) is 2.70. The Kier molecular flexibility index (Phi) is 6.34. The Bertz CT molecular complexity index is 463. The molecule has 5 heteroatoms. The normalized spacial score (nSPS) is 23.3. The lowest BCUT2D eigenvalue weighted by Crippen LogP contribution is -2.39. The minimum Gasteiger partial charge on any atom is -0.355 e. The first-order valence-electron chi connectivity index (χ1n) is 8.08. The van der Waals surface area contributed by atoms with Crippen LogP contribution in [-0.4, -0.2) is 67.5 Å². The van der Waals surface area contributed by atoms with Gasteiger partial charge in [-0.3, -0.25) is 9.78 Å². The van der Waals surface area contributed by atoms with Crippen LogP contribution in [-0.2, 0) is 11.2 Å². The number of likely N-dealkylation sites (tertiary alicyclic amines) is 1. The second kappa shape index (κ2) is 8.25. The molecule has 0 aliphatic carbocycles. The van der Waals surface area contributed by atoms with Crippen molar-refractivity contribution >= 4 is 5.91 Å². The summed E-state index contributed by atoms with van der Waals surface area (Å²) in [5.41, 5.74) is 1.21. The SMILES string of the molecule is CN1C[C@H](C(=O)NCCc2ccncc2)CC[C@H](N(C)C)C1. The molecule has 0 unspecified atom stereocenters. The Balaban J connectivity index is 1.79. The summed E-state index contributed by atoms with van der Waals surface area (Å²) in [6.07, 6.45) is 6.49. The van der Waals surface area contributed by atoms with E-state index in [9.17, 15) is 4.79 Å². The minimum atomic E-state index is 0.104. The quantitative estimate of drug-likeness (QED) is 0.882. The van der Waals surface area contributed by atoms with Gasteiger partial charge in [0.05, 0.1) is 5.92 Å². The van der Waals surface area contributed by atoms with Crippen molar-refractivity contribution in [2.45, 2.75) is 25.3 Å². The molecule has 22 heavy (non-hydrogen) atoms. The molecular formula is C17H28N4O. The first kappa shape index (κ1) is 16.9. The summed E-state index contributed by atoms with van der Waals surface area (Å²) >= 11 is 0. The van der Waals surface area contributed by atoms with Crippen molar-refractivity contribution in [2.24, 2.45) is 5.92 Å². The van der Waals surface area contributed by atoms with Crippen molar-refractivity contribution < 1.29 is 4.79 Å². The van der Waals surface area contributed by atoms with E-state index in [1.54, 1.807) is 12.4 Å². The van der Waals surface area contributed by atoms with Crippen molar-refractivity contribution in [1.29, 1.82) is 0 Å². The average molecular weight is 304 g/mol. The number of pyridine rings is 1. The second-order valence-electron chi connectivity index (χ2n) is 6.51. The maximum atomic E-state index is 12.4. The van der Waals surface area contributed by atoms with E-state index in [1.807, 2.05) is 12.1 Å². The zero-order valence-corrected chi connectivity index (χ0v) is 14.0. The smallest absolute Gasteiger partial charge is 0.224 e. The molecule has 2 heterocycles. The van der Waals surface area contributed by atoms with Gasteiger partial charge in [0, 0.05) is 38.1 Å². The number of carbonyl (C=O) groups excluding carboxylic acids is 1. The first-order chi connectivity index (χ1) is 10.6. The summed E-state index contributed by atoms with van der Waals surface area (Å²) in [5.74, 6) is 0.299. The number of rotatable bonds is 5. The van der Waals surface area contributed by atoms with E-state index in [0.29, 0.717) is 12.6 Å². The molecule has 1 aromatic heterocycles. The monoisotopic (exact) mass is 304 g/mol. The molecule has 1 aliphatic heterocycles. The molecule has 0 radical (unpaired) electrons. The number of amides is 1. The van der Waals surface area contributed by atoms with Crippen LogP contribution in [0.4, 0.5) is 0 Å². The van der Waals surface area contributed by atoms with E-state index in [-0.39, 0.29) is 11.8 Å². The summed E-state index contributed by atoms with van der Waals surface area (Å²) in [4.78, 5) is 21.0. The highest BCUT2D eigenvalue weighted by Gasteiger charge is 2.27. The Hall–Kier alpha value is -1.46. The number of nitrogens with one attached hydrogen (secondary N) is 1. The van der Waals surface area contributed by atoms with Crippen LogP contribution in [0.1, 0.15) is 18.4 Å². The molecule has 2 atom stereocenters. The summed E-state index contributed by atoms with van der Waals surface area (Å²) < 4.78 is 0. The molecule has 1 saturated heterocycles. The standard InChI is InChI=1S/C17H28N4O/c1-20(2)16-5-4-15(12-21(3)13-16)17(22)19-11-8-14-6-9-18-10-7-14/h6-7,9-10,15-16H,4-5,8,11-13H2,1-3H3,(H,19,22)/t15-,16+/m1/s1. The Labute approximate surface area is 133 Å². The number of carbonyl (C=O) groups is 1. The fourth-order valence-electron chi connectivity index (χ4n) is 3.05. The van der Waals surface area contributed by atoms with Gasteiger partial charge in [0.1, 0.15) is 0 Å². The van der Waals surface area contributed by atoms with Crippen LogP contribution in [0.5, 0.6) is 0 Å². The molecule has 122 valence electrons. The lowest BCUT2D eigenvalue weighted by atomic mass is 10.0. The van der Waals surface area contributed by atoms with Crippen LogP contribution in [0.3, 0.4) is 0 Å².